The zero-order valence-corrected chi connectivity index (χ0v) is 12.7. The highest BCUT2D eigenvalue weighted by Gasteiger charge is 2.32. The summed E-state index contributed by atoms with van der Waals surface area (Å²) in [5.74, 6) is -0.869. The van der Waals surface area contributed by atoms with Crippen molar-refractivity contribution in [3.63, 3.8) is 0 Å². The molecule has 6 heteroatoms. The van der Waals surface area contributed by atoms with E-state index in [0.29, 0.717) is 6.54 Å². The molecule has 1 saturated heterocycles. The van der Waals surface area contributed by atoms with Gasteiger partial charge in [-0.25, -0.2) is 4.79 Å². The summed E-state index contributed by atoms with van der Waals surface area (Å²) >= 11 is 0. The van der Waals surface area contributed by atoms with E-state index in [1.807, 2.05) is 24.3 Å². The zero-order chi connectivity index (χ0) is 16.4. The molecule has 1 aromatic heterocycles. The molecule has 1 fully saturated rings. The molecule has 1 aliphatic heterocycles. The smallest absolute Gasteiger partial charge is 0.371 e. The van der Waals surface area contributed by atoms with Gasteiger partial charge in [-0.3, -0.25) is 4.79 Å². The van der Waals surface area contributed by atoms with Crippen molar-refractivity contribution < 1.29 is 23.8 Å². The molecule has 23 heavy (non-hydrogen) atoms. The number of ether oxygens (including phenoxy) is 1. The number of likely N-dealkylation sites (tertiary alicyclic amines) is 1. The van der Waals surface area contributed by atoms with E-state index < -0.39 is 5.97 Å². The Hall–Kier alpha value is -2.76. The summed E-state index contributed by atoms with van der Waals surface area (Å²) in [5.41, 5.74) is 1.03. The number of carboxylic acids is 1. The minimum absolute atomic E-state index is 0.0354. The van der Waals surface area contributed by atoms with E-state index in [4.69, 9.17) is 14.3 Å². The Balaban J connectivity index is 1.82. The van der Waals surface area contributed by atoms with E-state index >= 15 is 0 Å². The van der Waals surface area contributed by atoms with Gasteiger partial charge in [-0.1, -0.05) is 12.1 Å². The average Bonchev–Trinajstić information content (AvgIpc) is 3.23. The maximum atomic E-state index is 12.6. The summed E-state index contributed by atoms with van der Waals surface area (Å²) in [6.45, 7) is 0.624. The summed E-state index contributed by atoms with van der Waals surface area (Å²) in [5, 5.41) is 8.89. The maximum Gasteiger partial charge on any atom is 0.371 e. The van der Waals surface area contributed by atoms with Crippen LogP contribution in [0.5, 0.6) is 5.75 Å². The Morgan fingerprint density at radius 1 is 1.17 bits per heavy atom. The van der Waals surface area contributed by atoms with Gasteiger partial charge in [0.2, 0.25) is 5.76 Å². The molecule has 6 nitrogen and oxygen atoms in total. The number of benzene rings is 1. The minimum Gasteiger partial charge on any atom is -0.497 e. The van der Waals surface area contributed by atoms with Crippen LogP contribution in [-0.2, 0) is 0 Å². The molecule has 2 aromatic rings. The van der Waals surface area contributed by atoms with E-state index in [0.717, 1.165) is 24.2 Å². The van der Waals surface area contributed by atoms with Crippen LogP contribution in [0.2, 0.25) is 0 Å². The van der Waals surface area contributed by atoms with E-state index in [1.165, 1.54) is 12.1 Å². The van der Waals surface area contributed by atoms with Gasteiger partial charge in [0.05, 0.1) is 13.2 Å². The third-order valence-corrected chi connectivity index (χ3v) is 4.04. The van der Waals surface area contributed by atoms with Crippen molar-refractivity contribution in [2.24, 2.45) is 0 Å². The fourth-order valence-electron chi connectivity index (χ4n) is 2.89. The zero-order valence-electron chi connectivity index (χ0n) is 12.7. The molecule has 0 spiro atoms. The maximum absolute atomic E-state index is 12.6. The van der Waals surface area contributed by atoms with Crippen LogP contribution in [0.15, 0.2) is 40.8 Å². The molecular weight excluding hydrogens is 298 g/mol. The van der Waals surface area contributed by atoms with Gasteiger partial charge in [-0.15, -0.1) is 0 Å². The van der Waals surface area contributed by atoms with E-state index in [-0.39, 0.29) is 23.5 Å². The number of hydrogen-bond donors (Lipinski definition) is 1. The average molecular weight is 315 g/mol. The SMILES string of the molecule is COc1ccc([C@@H]2CCCN2C(=O)c2ccc(C(=O)O)o2)cc1. The topological polar surface area (TPSA) is 80.0 Å². The molecule has 2 heterocycles. The number of amides is 1. The lowest BCUT2D eigenvalue weighted by Crippen LogP contribution is -2.30. The first-order chi connectivity index (χ1) is 11.1. The van der Waals surface area contributed by atoms with Crippen LogP contribution in [0.4, 0.5) is 0 Å². The second kappa shape index (κ2) is 6.16. The molecule has 3 rings (SSSR count). The van der Waals surface area contributed by atoms with Crippen LogP contribution < -0.4 is 4.74 Å². The largest absolute Gasteiger partial charge is 0.497 e. The first-order valence-electron chi connectivity index (χ1n) is 7.38. The van der Waals surface area contributed by atoms with Crippen molar-refractivity contribution in [1.29, 1.82) is 0 Å². The van der Waals surface area contributed by atoms with E-state index in [2.05, 4.69) is 0 Å². The van der Waals surface area contributed by atoms with Crippen molar-refractivity contribution in [2.45, 2.75) is 18.9 Å². The molecule has 0 radical (unpaired) electrons. The molecule has 1 atom stereocenters. The third kappa shape index (κ3) is 2.92. The summed E-state index contributed by atoms with van der Waals surface area (Å²) in [6, 6.07) is 10.3. The van der Waals surface area contributed by atoms with Crippen LogP contribution in [-0.4, -0.2) is 35.5 Å². The monoisotopic (exact) mass is 315 g/mol. The molecule has 120 valence electrons. The molecule has 0 bridgehead atoms. The Morgan fingerprint density at radius 3 is 2.48 bits per heavy atom. The number of carboxylic acid groups (broad SMARTS) is 1. The van der Waals surface area contributed by atoms with Gasteiger partial charge >= 0.3 is 5.97 Å². The predicted octanol–water partition coefficient (Wildman–Crippen LogP) is 2.96. The molecule has 0 aliphatic carbocycles. The van der Waals surface area contributed by atoms with Gasteiger partial charge in [0.25, 0.3) is 5.91 Å². The number of hydrogen-bond acceptors (Lipinski definition) is 4. The standard InChI is InChI=1S/C17H17NO5/c1-22-12-6-4-11(5-7-12)13-3-2-10-18(13)16(19)14-8-9-15(23-14)17(20)21/h4-9,13H,2-3,10H2,1H3,(H,20,21)/t13-/m0/s1. The van der Waals surface area contributed by atoms with Crippen LogP contribution in [0, 0.1) is 0 Å². The van der Waals surface area contributed by atoms with Crippen LogP contribution in [0.3, 0.4) is 0 Å². The Bertz CT molecular complexity index is 719. The van der Waals surface area contributed by atoms with E-state index in [9.17, 15) is 9.59 Å². The molecule has 1 aromatic carbocycles. The van der Waals surface area contributed by atoms with Gasteiger partial charge in [0.15, 0.2) is 5.76 Å². The fraction of sp³-hybridized carbons (Fsp3) is 0.294. The van der Waals surface area contributed by atoms with Crippen molar-refractivity contribution in [2.75, 3.05) is 13.7 Å². The summed E-state index contributed by atoms with van der Waals surface area (Å²) < 4.78 is 10.3. The molecule has 1 aliphatic rings. The number of nitrogens with zero attached hydrogens (tertiary/aromatic N) is 1. The molecular formula is C17H17NO5. The quantitative estimate of drug-likeness (QED) is 0.938. The van der Waals surface area contributed by atoms with Gasteiger partial charge in [-0.05, 0) is 42.7 Å². The highest BCUT2D eigenvalue weighted by molar-refractivity contribution is 5.94. The fourth-order valence-corrected chi connectivity index (χ4v) is 2.89. The lowest BCUT2D eigenvalue weighted by atomic mass is 10.0. The third-order valence-electron chi connectivity index (χ3n) is 4.04. The second-order valence-electron chi connectivity index (χ2n) is 5.40. The number of furan rings is 1. The summed E-state index contributed by atoms with van der Waals surface area (Å²) in [4.78, 5) is 25.2. The highest BCUT2D eigenvalue weighted by atomic mass is 16.5. The summed E-state index contributed by atoms with van der Waals surface area (Å²) in [6.07, 6.45) is 1.76. The first-order valence-corrected chi connectivity index (χ1v) is 7.38. The first kappa shape index (κ1) is 15.1. The van der Waals surface area contributed by atoms with Gasteiger partial charge in [0, 0.05) is 6.54 Å². The normalized spacial score (nSPS) is 17.3. The van der Waals surface area contributed by atoms with Crippen LogP contribution in [0.25, 0.3) is 0 Å². The molecule has 1 N–H and O–H groups in total. The van der Waals surface area contributed by atoms with Crippen molar-refractivity contribution in [3.8, 4) is 5.75 Å². The number of carbonyl (C=O) groups excluding carboxylic acids is 1. The van der Waals surface area contributed by atoms with Crippen molar-refractivity contribution in [3.05, 3.63) is 53.5 Å². The Morgan fingerprint density at radius 2 is 1.87 bits per heavy atom. The summed E-state index contributed by atoms with van der Waals surface area (Å²) in [7, 11) is 1.61. The lowest BCUT2D eigenvalue weighted by Gasteiger charge is -2.24. The predicted molar refractivity (Wildman–Crippen MR) is 81.7 cm³/mol. The Labute approximate surface area is 133 Å². The highest BCUT2D eigenvalue weighted by Crippen LogP contribution is 2.34. The van der Waals surface area contributed by atoms with Gasteiger partial charge in [0.1, 0.15) is 5.75 Å². The number of aromatic carboxylic acids is 1. The number of rotatable bonds is 4. The van der Waals surface area contributed by atoms with Crippen molar-refractivity contribution >= 4 is 11.9 Å². The van der Waals surface area contributed by atoms with E-state index in [1.54, 1.807) is 12.0 Å². The second-order valence-corrected chi connectivity index (χ2v) is 5.40. The Kier molecular flexibility index (Phi) is 4.06. The minimum atomic E-state index is -1.18. The van der Waals surface area contributed by atoms with Crippen molar-refractivity contribution in [1.82, 2.24) is 4.90 Å². The molecule has 0 unspecified atom stereocenters. The van der Waals surface area contributed by atoms with Crippen LogP contribution in [0.1, 0.15) is 45.6 Å². The number of carbonyl (C=O) groups is 2. The van der Waals surface area contributed by atoms with Gasteiger partial charge < -0.3 is 19.2 Å². The molecule has 1 amide bonds. The molecule has 0 saturated carbocycles. The van der Waals surface area contributed by atoms with Gasteiger partial charge in [-0.2, -0.15) is 0 Å². The number of methoxy groups -OCH3 is 1. The van der Waals surface area contributed by atoms with Crippen LogP contribution >= 0.6 is 0 Å². The lowest BCUT2D eigenvalue weighted by molar-refractivity contribution is 0.0645.